The summed E-state index contributed by atoms with van der Waals surface area (Å²) in [7, 11) is 0. The zero-order chi connectivity index (χ0) is 17.5. The summed E-state index contributed by atoms with van der Waals surface area (Å²) in [6, 6.07) is 5.29. The number of benzene rings is 1. The number of aromatic nitrogens is 2. The zero-order valence-electron chi connectivity index (χ0n) is 13.6. The molecule has 0 spiro atoms. The van der Waals surface area contributed by atoms with Gasteiger partial charge in [0.1, 0.15) is 5.01 Å². The maximum Gasteiger partial charge on any atom is 0.226 e. The molecular formula is C16H19ClN4O2S. The molecule has 24 heavy (non-hydrogen) atoms. The lowest BCUT2D eigenvalue weighted by Gasteiger charge is -2.06. The van der Waals surface area contributed by atoms with Crippen LogP contribution in [0.4, 0.5) is 10.8 Å². The van der Waals surface area contributed by atoms with E-state index in [9.17, 15) is 9.59 Å². The van der Waals surface area contributed by atoms with Crippen molar-refractivity contribution in [3.05, 3.63) is 33.8 Å². The van der Waals surface area contributed by atoms with Gasteiger partial charge in [-0.2, -0.15) is 0 Å². The first-order chi connectivity index (χ1) is 11.5. The number of hydrogen-bond acceptors (Lipinski definition) is 5. The number of carbonyl (C=O) groups is 2. The third-order valence-electron chi connectivity index (χ3n) is 3.21. The summed E-state index contributed by atoms with van der Waals surface area (Å²) in [6.07, 6.45) is 1.98. The van der Waals surface area contributed by atoms with Gasteiger partial charge in [-0.1, -0.05) is 35.9 Å². The van der Waals surface area contributed by atoms with Crippen LogP contribution >= 0.6 is 22.9 Å². The van der Waals surface area contributed by atoms with E-state index in [1.54, 1.807) is 12.1 Å². The highest BCUT2D eigenvalue weighted by molar-refractivity contribution is 7.15. The van der Waals surface area contributed by atoms with E-state index in [0.717, 1.165) is 23.4 Å². The molecule has 0 saturated heterocycles. The highest BCUT2D eigenvalue weighted by Crippen LogP contribution is 2.20. The van der Waals surface area contributed by atoms with Gasteiger partial charge in [-0.05, 0) is 31.0 Å². The Morgan fingerprint density at radius 3 is 2.54 bits per heavy atom. The maximum atomic E-state index is 11.9. The zero-order valence-corrected chi connectivity index (χ0v) is 15.1. The summed E-state index contributed by atoms with van der Waals surface area (Å²) < 4.78 is 0. The molecule has 1 aromatic heterocycles. The Labute approximate surface area is 149 Å². The highest BCUT2D eigenvalue weighted by atomic mass is 35.5. The first-order valence-corrected chi connectivity index (χ1v) is 8.85. The van der Waals surface area contributed by atoms with Crippen molar-refractivity contribution >= 4 is 45.6 Å². The van der Waals surface area contributed by atoms with Crippen LogP contribution in [0, 0.1) is 6.92 Å². The van der Waals surface area contributed by atoms with E-state index in [4.69, 9.17) is 11.6 Å². The van der Waals surface area contributed by atoms with Crippen LogP contribution in [0.5, 0.6) is 0 Å². The maximum absolute atomic E-state index is 11.9. The minimum absolute atomic E-state index is 0.0775. The van der Waals surface area contributed by atoms with Crippen molar-refractivity contribution in [3.8, 4) is 0 Å². The molecular weight excluding hydrogens is 348 g/mol. The van der Waals surface area contributed by atoms with Crippen molar-refractivity contribution in [2.75, 3.05) is 10.6 Å². The third-order valence-corrected chi connectivity index (χ3v) is 4.52. The van der Waals surface area contributed by atoms with Crippen LogP contribution in [-0.4, -0.2) is 22.0 Å². The van der Waals surface area contributed by atoms with Crippen LogP contribution in [0.3, 0.4) is 0 Å². The van der Waals surface area contributed by atoms with Gasteiger partial charge in [0, 0.05) is 30.0 Å². The molecule has 0 fully saturated rings. The molecule has 8 heteroatoms. The Morgan fingerprint density at radius 1 is 1.17 bits per heavy atom. The van der Waals surface area contributed by atoms with Crippen molar-refractivity contribution in [3.63, 3.8) is 0 Å². The molecule has 2 N–H and O–H groups in total. The summed E-state index contributed by atoms with van der Waals surface area (Å²) in [6.45, 7) is 3.94. The minimum atomic E-state index is -0.258. The van der Waals surface area contributed by atoms with Crippen LogP contribution < -0.4 is 10.6 Å². The first kappa shape index (κ1) is 18.4. The molecule has 0 saturated carbocycles. The lowest BCUT2D eigenvalue weighted by atomic mass is 10.2. The van der Waals surface area contributed by atoms with E-state index in [0.29, 0.717) is 15.8 Å². The Kier molecular flexibility index (Phi) is 6.69. The number of amides is 2. The molecule has 0 bridgehead atoms. The van der Waals surface area contributed by atoms with Crippen LogP contribution in [0.1, 0.15) is 36.8 Å². The topological polar surface area (TPSA) is 84.0 Å². The number of nitrogens with zero attached hydrogens (tertiary/aromatic N) is 2. The van der Waals surface area contributed by atoms with Crippen LogP contribution in [-0.2, 0) is 16.0 Å². The fourth-order valence-corrected chi connectivity index (χ4v) is 2.96. The molecule has 2 aromatic rings. The van der Waals surface area contributed by atoms with Crippen molar-refractivity contribution in [2.24, 2.45) is 0 Å². The van der Waals surface area contributed by atoms with Crippen LogP contribution in [0.15, 0.2) is 18.2 Å². The van der Waals surface area contributed by atoms with Crippen molar-refractivity contribution in [1.82, 2.24) is 10.2 Å². The summed E-state index contributed by atoms with van der Waals surface area (Å²) in [5.74, 6) is -0.500. The number of anilines is 2. The average molecular weight is 367 g/mol. The number of halogens is 1. The molecule has 6 nitrogen and oxygen atoms in total. The van der Waals surface area contributed by atoms with Gasteiger partial charge in [-0.15, -0.1) is 10.2 Å². The molecule has 2 amide bonds. The van der Waals surface area contributed by atoms with Gasteiger partial charge in [0.05, 0.1) is 0 Å². The lowest BCUT2D eigenvalue weighted by Crippen LogP contribution is -2.17. The highest BCUT2D eigenvalue weighted by Gasteiger charge is 2.11. The average Bonchev–Trinajstić information content (AvgIpc) is 2.96. The summed E-state index contributed by atoms with van der Waals surface area (Å²) in [5, 5.41) is 15.2. The number of hydrogen-bond donors (Lipinski definition) is 2. The Bertz CT molecular complexity index is 733. The second kappa shape index (κ2) is 8.75. The molecule has 0 atom stereocenters. The fraction of sp³-hybridized carbons (Fsp3) is 0.375. The van der Waals surface area contributed by atoms with Crippen LogP contribution in [0.25, 0.3) is 0 Å². The standard InChI is InChI=1S/C16H19ClN4O2S/c1-3-4-15-20-21-16(24-15)19-14(23)8-7-13(22)18-11-6-5-10(2)12(17)9-11/h5-6,9H,3-4,7-8H2,1-2H3,(H,18,22)(H,19,21,23). The Morgan fingerprint density at radius 2 is 1.88 bits per heavy atom. The van der Waals surface area contributed by atoms with Gasteiger partial charge in [0.2, 0.25) is 16.9 Å². The number of aryl methyl sites for hydroxylation is 2. The normalized spacial score (nSPS) is 10.5. The van der Waals surface area contributed by atoms with Gasteiger partial charge in [-0.25, -0.2) is 0 Å². The summed E-state index contributed by atoms with van der Waals surface area (Å²) in [5.41, 5.74) is 1.55. The molecule has 0 aliphatic rings. The third kappa shape index (κ3) is 5.58. The molecule has 2 rings (SSSR count). The van der Waals surface area contributed by atoms with Gasteiger partial charge in [0.15, 0.2) is 0 Å². The predicted molar refractivity (Wildman–Crippen MR) is 96.6 cm³/mol. The van der Waals surface area contributed by atoms with E-state index in [2.05, 4.69) is 27.8 Å². The van der Waals surface area contributed by atoms with E-state index in [-0.39, 0.29) is 24.7 Å². The van der Waals surface area contributed by atoms with E-state index in [1.807, 2.05) is 13.0 Å². The molecule has 0 radical (unpaired) electrons. The number of nitrogens with one attached hydrogen (secondary N) is 2. The second-order valence-electron chi connectivity index (χ2n) is 5.31. The van der Waals surface area contributed by atoms with Gasteiger partial charge in [-0.3, -0.25) is 9.59 Å². The molecule has 1 heterocycles. The Hall–Kier alpha value is -1.99. The van der Waals surface area contributed by atoms with E-state index in [1.165, 1.54) is 11.3 Å². The molecule has 0 aliphatic heterocycles. The number of carbonyl (C=O) groups excluding carboxylic acids is 2. The smallest absolute Gasteiger partial charge is 0.226 e. The van der Waals surface area contributed by atoms with Crippen molar-refractivity contribution < 1.29 is 9.59 Å². The fourth-order valence-electron chi connectivity index (χ4n) is 1.92. The second-order valence-corrected chi connectivity index (χ2v) is 6.78. The molecule has 128 valence electrons. The van der Waals surface area contributed by atoms with Gasteiger partial charge >= 0.3 is 0 Å². The summed E-state index contributed by atoms with van der Waals surface area (Å²) >= 11 is 7.37. The monoisotopic (exact) mass is 366 g/mol. The first-order valence-electron chi connectivity index (χ1n) is 7.66. The SMILES string of the molecule is CCCc1nnc(NC(=O)CCC(=O)Nc2ccc(C)c(Cl)c2)s1. The minimum Gasteiger partial charge on any atom is -0.326 e. The molecule has 0 aliphatic carbocycles. The van der Waals surface area contributed by atoms with Gasteiger partial charge in [0.25, 0.3) is 0 Å². The Balaban J connectivity index is 1.77. The number of rotatable bonds is 7. The van der Waals surface area contributed by atoms with Crippen molar-refractivity contribution in [2.45, 2.75) is 39.5 Å². The lowest BCUT2D eigenvalue weighted by molar-refractivity contribution is -0.121. The molecule has 1 aromatic carbocycles. The van der Waals surface area contributed by atoms with Gasteiger partial charge < -0.3 is 10.6 Å². The van der Waals surface area contributed by atoms with Crippen LogP contribution in [0.2, 0.25) is 5.02 Å². The van der Waals surface area contributed by atoms with Crippen molar-refractivity contribution in [1.29, 1.82) is 0 Å². The predicted octanol–water partition coefficient (Wildman–Crippen LogP) is 3.81. The van der Waals surface area contributed by atoms with E-state index < -0.39 is 0 Å². The quantitative estimate of drug-likeness (QED) is 0.780. The van der Waals surface area contributed by atoms with E-state index >= 15 is 0 Å². The summed E-state index contributed by atoms with van der Waals surface area (Å²) in [4.78, 5) is 23.8. The largest absolute Gasteiger partial charge is 0.326 e. The molecule has 0 unspecified atom stereocenters.